The number of aliphatic imine (C=N–C) groups is 1. The Morgan fingerprint density at radius 3 is 2.69 bits per heavy atom. The van der Waals surface area contributed by atoms with Crippen molar-refractivity contribution in [3.63, 3.8) is 0 Å². The number of benzene rings is 2. The highest BCUT2D eigenvalue weighted by Crippen LogP contribution is 2.26. The van der Waals surface area contributed by atoms with E-state index in [-0.39, 0.29) is 0 Å². The predicted molar refractivity (Wildman–Crippen MR) is 113 cm³/mol. The van der Waals surface area contributed by atoms with Crippen LogP contribution >= 0.6 is 23.2 Å². The van der Waals surface area contributed by atoms with Gasteiger partial charge >= 0.3 is 0 Å². The summed E-state index contributed by atoms with van der Waals surface area (Å²) in [5.41, 5.74) is 8.79. The summed E-state index contributed by atoms with van der Waals surface area (Å²) in [5.74, 6) is 0.406. The molecule has 2 aromatic rings. The molecule has 4 nitrogen and oxygen atoms in total. The van der Waals surface area contributed by atoms with Crippen molar-refractivity contribution in [3.05, 3.63) is 64.1 Å². The molecule has 0 spiro atoms. The Hall–Kier alpha value is -2.01. The Morgan fingerprint density at radius 2 is 2.00 bits per heavy atom. The zero-order valence-electron chi connectivity index (χ0n) is 14.6. The molecular weight excluding hydrogens is 367 g/mol. The SMILES string of the molecule is C[C@@H]1CNCCN1c1ccc(/C=C/C(N)=Nc2ccc(Cl)cc2)c(Cl)c1. The van der Waals surface area contributed by atoms with Crippen LogP contribution in [0.3, 0.4) is 0 Å². The second-order valence-corrected chi connectivity index (χ2v) is 7.14. The number of amidine groups is 1. The first-order valence-electron chi connectivity index (χ1n) is 8.57. The van der Waals surface area contributed by atoms with Crippen LogP contribution in [0.5, 0.6) is 0 Å². The van der Waals surface area contributed by atoms with Gasteiger partial charge in [-0.25, -0.2) is 4.99 Å². The minimum absolute atomic E-state index is 0.406. The molecular formula is C20H22Cl2N4. The van der Waals surface area contributed by atoms with Crippen molar-refractivity contribution in [2.75, 3.05) is 24.5 Å². The smallest absolute Gasteiger partial charge is 0.124 e. The van der Waals surface area contributed by atoms with Gasteiger partial charge in [0.15, 0.2) is 0 Å². The van der Waals surface area contributed by atoms with Gasteiger partial charge in [-0.2, -0.15) is 0 Å². The van der Waals surface area contributed by atoms with E-state index >= 15 is 0 Å². The summed E-state index contributed by atoms with van der Waals surface area (Å²) in [7, 11) is 0. The first-order chi connectivity index (χ1) is 12.5. The highest BCUT2D eigenvalue weighted by molar-refractivity contribution is 6.32. The van der Waals surface area contributed by atoms with Crippen molar-refractivity contribution in [1.82, 2.24) is 5.32 Å². The topological polar surface area (TPSA) is 53.6 Å². The molecule has 6 heteroatoms. The fraction of sp³-hybridized carbons (Fsp3) is 0.250. The second kappa shape index (κ2) is 8.58. The van der Waals surface area contributed by atoms with Crippen molar-refractivity contribution in [3.8, 4) is 0 Å². The van der Waals surface area contributed by atoms with Crippen LogP contribution in [0.4, 0.5) is 11.4 Å². The number of rotatable bonds is 4. The molecule has 1 fully saturated rings. The molecule has 0 aromatic heterocycles. The standard InChI is InChI=1S/C20H22Cl2N4/c1-14-13-24-10-11-26(14)18-8-2-15(19(22)12-18)3-9-20(23)25-17-6-4-16(21)5-7-17/h2-9,12,14,24H,10-11,13H2,1H3,(H2,23,25)/b9-3+/t14-/m1/s1. The van der Waals surface area contributed by atoms with Gasteiger partial charge in [0.1, 0.15) is 5.84 Å². The third-order valence-electron chi connectivity index (χ3n) is 4.34. The van der Waals surface area contributed by atoms with Crippen molar-refractivity contribution >= 4 is 46.5 Å². The summed E-state index contributed by atoms with van der Waals surface area (Å²) in [6.07, 6.45) is 3.63. The van der Waals surface area contributed by atoms with Gasteiger partial charge in [0.2, 0.25) is 0 Å². The van der Waals surface area contributed by atoms with Gasteiger partial charge in [0.25, 0.3) is 0 Å². The van der Waals surface area contributed by atoms with Crippen LogP contribution in [0.15, 0.2) is 53.5 Å². The number of hydrogen-bond acceptors (Lipinski definition) is 3. The van der Waals surface area contributed by atoms with E-state index in [4.69, 9.17) is 28.9 Å². The number of piperazine rings is 1. The largest absolute Gasteiger partial charge is 0.384 e. The van der Waals surface area contributed by atoms with Crippen LogP contribution < -0.4 is 16.0 Å². The zero-order valence-corrected chi connectivity index (χ0v) is 16.1. The minimum atomic E-state index is 0.406. The summed E-state index contributed by atoms with van der Waals surface area (Å²) in [6.45, 7) is 5.16. The lowest BCUT2D eigenvalue weighted by atomic mass is 10.1. The monoisotopic (exact) mass is 388 g/mol. The summed E-state index contributed by atoms with van der Waals surface area (Å²) in [5, 5.41) is 4.76. The third kappa shape index (κ3) is 4.79. The van der Waals surface area contributed by atoms with Crippen LogP contribution in [0.25, 0.3) is 6.08 Å². The van der Waals surface area contributed by atoms with Gasteiger partial charge < -0.3 is 16.0 Å². The fourth-order valence-corrected chi connectivity index (χ4v) is 3.30. The molecule has 1 saturated heterocycles. The van der Waals surface area contributed by atoms with E-state index < -0.39 is 0 Å². The second-order valence-electron chi connectivity index (χ2n) is 6.30. The molecule has 1 atom stereocenters. The highest BCUT2D eigenvalue weighted by atomic mass is 35.5. The molecule has 1 heterocycles. The maximum absolute atomic E-state index is 6.47. The first kappa shape index (κ1) is 18.8. The van der Waals surface area contributed by atoms with Gasteiger partial charge in [0.05, 0.1) is 5.69 Å². The van der Waals surface area contributed by atoms with Crippen LogP contribution in [-0.4, -0.2) is 31.5 Å². The molecule has 1 aliphatic heterocycles. The zero-order chi connectivity index (χ0) is 18.5. The van der Waals surface area contributed by atoms with Gasteiger partial charge in [-0.05, 0) is 61.0 Å². The molecule has 0 aliphatic carbocycles. The molecule has 0 bridgehead atoms. The first-order valence-corrected chi connectivity index (χ1v) is 9.33. The molecule has 3 rings (SSSR count). The Kier molecular flexibility index (Phi) is 6.20. The molecule has 0 radical (unpaired) electrons. The molecule has 26 heavy (non-hydrogen) atoms. The molecule has 0 unspecified atom stereocenters. The van der Waals surface area contributed by atoms with Gasteiger partial charge in [-0.15, -0.1) is 0 Å². The van der Waals surface area contributed by atoms with Crippen LogP contribution in [-0.2, 0) is 0 Å². The number of anilines is 1. The van der Waals surface area contributed by atoms with Crippen molar-refractivity contribution < 1.29 is 0 Å². The average Bonchev–Trinajstić information content (AvgIpc) is 2.63. The maximum atomic E-state index is 6.47. The lowest BCUT2D eigenvalue weighted by Gasteiger charge is -2.36. The molecule has 3 N–H and O–H groups in total. The van der Waals surface area contributed by atoms with E-state index in [0.717, 1.165) is 36.6 Å². The van der Waals surface area contributed by atoms with Crippen molar-refractivity contribution in [2.24, 2.45) is 10.7 Å². The van der Waals surface area contributed by atoms with Crippen molar-refractivity contribution in [2.45, 2.75) is 13.0 Å². The number of halogens is 2. The lowest BCUT2D eigenvalue weighted by Crippen LogP contribution is -2.49. The number of nitrogens with zero attached hydrogens (tertiary/aromatic N) is 2. The minimum Gasteiger partial charge on any atom is -0.384 e. The summed E-state index contributed by atoms with van der Waals surface area (Å²) < 4.78 is 0. The Labute approximate surface area is 164 Å². The predicted octanol–water partition coefficient (Wildman–Crippen LogP) is 4.49. The van der Waals surface area contributed by atoms with Gasteiger partial charge in [-0.3, -0.25) is 0 Å². The molecule has 0 saturated carbocycles. The lowest BCUT2D eigenvalue weighted by molar-refractivity contribution is 0.501. The maximum Gasteiger partial charge on any atom is 0.124 e. The number of hydrogen-bond donors (Lipinski definition) is 2. The van der Waals surface area contributed by atoms with Crippen LogP contribution in [0, 0.1) is 0 Å². The van der Waals surface area contributed by atoms with Crippen LogP contribution in [0.2, 0.25) is 10.0 Å². The van der Waals surface area contributed by atoms with Gasteiger partial charge in [0, 0.05) is 41.4 Å². The molecule has 0 amide bonds. The molecule has 136 valence electrons. The Bertz CT molecular complexity index is 815. The van der Waals surface area contributed by atoms with E-state index in [2.05, 4.69) is 28.2 Å². The highest BCUT2D eigenvalue weighted by Gasteiger charge is 2.18. The van der Waals surface area contributed by atoms with E-state index in [1.165, 1.54) is 0 Å². The van der Waals surface area contributed by atoms with Crippen LogP contribution in [0.1, 0.15) is 12.5 Å². The number of nitrogens with one attached hydrogen (secondary N) is 1. The van der Waals surface area contributed by atoms with Gasteiger partial charge in [-0.1, -0.05) is 29.3 Å². The average molecular weight is 389 g/mol. The Balaban J connectivity index is 1.73. The summed E-state index contributed by atoms with van der Waals surface area (Å²) >= 11 is 12.3. The fourth-order valence-electron chi connectivity index (χ4n) is 2.93. The normalized spacial score (nSPS) is 18.5. The Morgan fingerprint density at radius 1 is 1.23 bits per heavy atom. The summed E-state index contributed by atoms with van der Waals surface area (Å²) in [6, 6.07) is 13.8. The van der Waals surface area contributed by atoms with E-state index in [0.29, 0.717) is 21.9 Å². The van der Waals surface area contributed by atoms with E-state index in [1.807, 2.05) is 30.3 Å². The summed E-state index contributed by atoms with van der Waals surface area (Å²) in [4.78, 5) is 6.70. The van der Waals surface area contributed by atoms with Crippen molar-refractivity contribution in [1.29, 1.82) is 0 Å². The third-order valence-corrected chi connectivity index (χ3v) is 4.91. The van der Waals surface area contributed by atoms with E-state index in [9.17, 15) is 0 Å². The quantitative estimate of drug-likeness (QED) is 0.598. The number of nitrogens with two attached hydrogens (primary N) is 1. The molecule has 2 aromatic carbocycles. The van der Waals surface area contributed by atoms with E-state index in [1.54, 1.807) is 18.2 Å². The molecule has 1 aliphatic rings.